The summed E-state index contributed by atoms with van der Waals surface area (Å²) in [5, 5.41) is 8.89. The van der Waals surface area contributed by atoms with Crippen LogP contribution in [0.25, 0.3) is 11.3 Å². The third-order valence-electron chi connectivity index (χ3n) is 3.39. The van der Waals surface area contributed by atoms with Crippen molar-refractivity contribution in [2.45, 2.75) is 19.2 Å². The first kappa shape index (κ1) is 18.6. The molecule has 1 atom stereocenters. The van der Waals surface area contributed by atoms with Crippen LogP contribution >= 0.6 is 0 Å². The molecular weight excluding hydrogens is 337 g/mol. The molecule has 0 fully saturated rings. The molecule has 0 saturated heterocycles. The van der Waals surface area contributed by atoms with Gasteiger partial charge in [-0.1, -0.05) is 12.1 Å². The summed E-state index contributed by atoms with van der Waals surface area (Å²) in [7, 11) is 3.20. The zero-order valence-corrected chi connectivity index (χ0v) is 13.8. The number of hydrogen-bond donors (Lipinski definition) is 1. The lowest BCUT2D eigenvalue weighted by atomic mass is 10.1. The van der Waals surface area contributed by atoms with E-state index < -0.39 is 23.8 Å². The molecule has 0 bridgehead atoms. The van der Waals surface area contributed by atoms with Crippen LogP contribution in [0.15, 0.2) is 36.4 Å². The van der Waals surface area contributed by atoms with Gasteiger partial charge in [0, 0.05) is 19.7 Å². The molecule has 0 aliphatic rings. The van der Waals surface area contributed by atoms with Gasteiger partial charge in [-0.25, -0.2) is 9.78 Å². The van der Waals surface area contributed by atoms with Crippen molar-refractivity contribution in [1.29, 1.82) is 0 Å². The maximum Gasteiger partial charge on any atom is 0.416 e. The summed E-state index contributed by atoms with van der Waals surface area (Å²) < 4.78 is 44.6. The van der Waals surface area contributed by atoms with E-state index in [0.29, 0.717) is 5.56 Å². The molecule has 8 heteroatoms. The van der Waals surface area contributed by atoms with Crippen LogP contribution in [0, 0.1) is 0 Å². The number of anilines is 1. The average molecular weight is 354 g/mol. The molecule has 0 aliphatic carbocycles. The number of carboxylic acids is 1. The molecule has 0 amide bonds. The van der Waals surface area contributed by atoms with E-state index in [1.54, 1.807) is 26.2 Å². The van der Waals surface area contributed by atoms with Crippen LogP contribution < -0.4 is 9.64 Å². The number of ether oxygens (including phenoxy) is 1. The molecule has 1 N–H and O–H groups in total. The van der Waals surface area contributed by atoms with Gasteiger partial charge >= 0.3 is 12.1 Å². The second-order valence-electron chi connectivity index (χ2n) is 5.62. The molecule has 0 radical (unpaired) electrons. The smallest absolute Gasteiger partial charge is 0.416 e. The van der Waals surface area contributed by atoms with Gasteiger partial charge in [-0.15, -0.1) is 0 Å². The number of hydrogen-bond acceptors (Lipinski definition) is 4. The highest BCUT2D eigenvalue weighted by molar-refractivity contribution is 5.72. The van der Waals surface area contributed by atoms with Crippen LogP contribution in [0.2, 0.25) is 0 Å². The topological polar surface area (TPSA) is 62.7 Å². The Balaban J connectivity index is 2.47. The first-order chi connectivity index (χ1) is 11.6. The quantitative estimate of drug-likeness (QED) is 0.887. The highest BCUT2D eigenvalue weighted by Gasteiger charge is 2.32. The van der Waals surface area contributed by atoms with E-state index in [-0.39, 0.29) is 17.3 Å². The third-order valence-corrected chi connectivity index (χ3v) is 3.39. The van der Waals surface area contributed by atoms with Gasteiger partial charge in [-0.2, -0.15) is 13.2 Å². The first-order valence-electron chi connectivity index (χ1n) is 7.34. The van der Waals surface area contributed by atoms with Gasteiger partial charge in [-0.05, 0) is 31.2 Å². The molecule has 1 heterocycles. The fourth-order valence-corrected chi connectivity index (χ4v) is 2.04. The summed E-state index contributed by atoms with van der Waals surface area (Å²) >= 11 is 0. The molecule has 1 aromatic heterocycles. The van der Waals surface area contributed by atoms with Crippen LogP contribution in [0.3, 0.4) is 0 Å². The highest BCUT2D eigenvalue weighted by Crippen LogP contribution is 2.34. The number of alkyl halides is 3. The van der Waals surface area contributed by atoms with Crippen molar-refractivity contribution < 1.29 is 27.8 Å². The maximum atomic E-state index is 13.1. The molecule has 134 valence electrons. The molecule has 0 aliphatic heterocycles. The van der Waals surface area contributed by atoms with Gasteiger partial charge in [0.25, 0.3) is 0 Å². The number of pyridine rings is 1. The van der Waals surface area contributed by atoms with Crippen LogP contribution in [-0.4, -0.2) is 36.3 Å². The maximum absolute atomic E-state index is 13.1. The van der Waals surface area contributed by atoms with Crippen molar-refractivity contribution in [3.8, 4) is 17.0 Å². The van der Waals surface area contributed by atoms with Crippen molar-refractivity contribution in [3.05, 3.63) is 42.0 Å². The van der Waals surface area contributed by atoms with Crippen molar-refractivity contribution in [1.82, 2.24) is 4.98 Å². The van der Waals surface area contributed by atoms with Crippen LogP contribution in [0.1, 0.15) is 12.5 Å². The standard InChI is InChI=1S/C17H17F3N2O3/c1-10(16(23)24)25-13-6-4-5-11(7-13)14-8-12(17(18,19)20)9-15(21-14)22(2)3/h4-10H,1-3H3,(H,23,24)/t10-/m1/s1. The minimum absolute atomic E-state index is 0.118. The van der Waals surface area contributed by atoms with Gasteiger partial charge in [0.05, 0.1) is 11.3 Å². The van der Waals surface area contributed by atoms with E-state index in [9.17, 15) is 18.0 Å². The fourth-order valence-electron chi connectivity index (χ4n) is 2.04. The first-order valence-corrected chi connectivity index (χ1v) is 7.34. The molecule has 0 saturated carbocycles. The second-order valence-corrected chi connectivity index (χ2v) is 5.62. The Bertz CT molecular complexity index is 776. The summed E-state index contributed by atoms with van der Waals surface area (Å²) in [6, 6.07) is 8.06. The molecular formula is C17H17F3N2O3. The minimum Gasteiger partial charge on any atom is -0.479 e. The Morgan fingerprint density at radius 2 is 1.92 bits per heavy atom. The predicted octanol–water partition coefficient (Wildman–Crippen LogP) is 3.69. The Morgan fingerprint density at radius 1 is 1.24 bits per heavy atom. The number of aromatic nitrogens is 1. The number of halogens is 3. The van der Waals surface area contributed by atoms with Crippen molar-refractivity contribution in [2.75, 3.05) is 19.0 Å². The molecule has 2 rings (SSSR count). The van der Waals surface area contributed by atoms with Gasteiger partial charge in [0.15, 0.2) is 6.10 Å². The Labute approximate surface area is 142 Å². The Kier molecular flexibility index (Phi) is 5.20. The van der Waals surface area contributed by atoms with Crippen molar-refractivity contribution >= 4 is 11.8 Å². The van der Waals surface area contributed by atoms with E-state index in [4.69, 9.17) is 9.84 Å². The number of benzene rings is 1. The molecule has 1 aromatic carbocycles. The molecule has 25 heavy (non-hydrogen) atoms. The van der Waals surface area contributed by atoms with E-state index >= 15 is 0 Å². The number of nitrogens with zero attached hydrogens (tertiary/aromatic N) is 2. The largest absolute Gasteiger partial charge is 0.479 e. The lowest BCUT2D eigenvalue weighted by Gasteiger charge is -2.17. The lowest BCUT2D eigenvalue weighted by Crippen LogP contribution is -2.22. The van der Waals surface area contributed by atoms with E-state index in [1.165, 1.54) is 24.0 Å². The molecule has 0 unspecified atom stereocenters. The SMILES string of the molecule is C[C@@H](Oc1cccc(-c2cc(C(F)(F)F)cc(N(C)C)n2)c1)C(=O)O. The normalized spacial score (nSPS) is 12.6. The van der Waals surface area contributed by atoms with Crippen molar-refractivity contribution in [2.24, 2.45) is 0 Å². The van der Waals surface area contributed by atoms with Gasteiger partial charge in [0.2, 0.25) is 0 Å². The van der Waals surface area contributed by atoms with Gasteiger partial charge < -0.3 is 14.7 Å². The summed E-state index contributed by atoms with van der Waals surface area (Å²) in [5.41, 5.74) is -0.303. The summed E-state index contributed by atoms with van der Waals surface area (Å²) in [4.78, 5) is 16.6. The van der Waals surface area contributed by atoms with Crippen LogP contribution in [0.5, 0.6) is 5.75 Å². The molecule has 2 aromatic rings. The second kappa shape index (κ2) is 7.00. The lowest BCUT2D eigenvalue weighted by molar-refractivity contribution is -0.144. The Morgan fingerprint density at radius 3 is 2.48 bits per heavy atom. The van der Waals surface area contributed by atoms with E-state index in [0.717, 1.165) is 12.1 Å². The van der Waals surface area contributed by atoms with Crippen molar-refractivity contribution in [3.63, 3.8) is 0 Å². The zero-order chi connectivity index (χ0) is 18.8. The molecule has 5 nitrogen and oxygen atoms in total. The number of rotatable bonds is 5. The summed E-state index contributed by atoms with van der Waals surface area (Å²) in [5.74, 6) is -0.745. The summed E-state index contributed by atoms with van der Waals surface area (Å²) in [6.45, 7) is 1.36. The van der Waals surface area contributed by atoms with Crippen LogP contribution in [0.4, 0.5) is 19.0 Å². The average Bonchev–Trinajstić information content (AvgIpc) is 2.53. The number of carbonyl (C=O) groups is 1. The van der Waals surface area contributed by atoms with Gasteiger partial charge in [-0.3, -0.25) is 0 Å². The monoisotopic (exact) mass is 354 g/mol. The predicted molar refractivity (Wildman–Crippen MR) is 86.7 cm³/mol. The highest BCUT2D eigenvalue weighted by atomic mass is 19.4. The molecule has 0 spiro atoms. The Hall–Kier alpha value is -2.77. The third kappa shape index (κ3) is 4.62. The fraction of sp³-hybridized carbons (Fsp3) is 0.294. The van der Waals surface area contributed by atoms with E-state index in [2.05, 4.69) is 4.98 Å². The van der Waals surface area contributed by atoms with Crippen LogP contribution in [-0.2, 0) is 11.0 Å². The van der Waals surface area contributed by atoms with Gasteiger partial charge in [0.1, 0.15) is 11.6 Å². The summed E-state index contributed by atoms with van der Waals surface area (Å²) in [6.07, 6.45) is -5.59. The minimum atomic E-state index is -4.51. The number of carboxylic acid groups (broad SMARTS) is 1. The number of aliphatic carboxylic acids is 1. The zero-order valence-electron chi connectivity index (χ0n) is 13.8. The van der Waals surface area contributed by atoms with E-state index in [1.807, 2.05) is 0 Å².